The molecule has 1 rings (SSSR count). The van der Waals surface area contributed by atoms with E-state index in [1.54, 1.807) is 0 Å². The fourth-order valence-electron chi connectivity index (χ4n) is 1.64. The van der Waals surface area contributed by atoms with E-state index < -0.39 is 0 Å². The van der Waals surface area contributed by atoms with Gasteiger partial charge in [0.1, 0.15) is 5.75 Å². The molecule has 1 aromatic rings. The fraction of sp³-hybridized carbons (Fsp3) is 0.538. The largest absolute Gasteiger partial charge is 0.492 e. The number of ether oxygens (including phenoxy) is 1. The summed E-state index contributed by atoms with van der Waals surface area (Å²) in [6.45, 7) is 7.12. The first-order chi connectivity index (χ1) is 7.27. The quantitative estimate of drug-likeness (QED) is 0.768. The van der Waals surface area contributed by atoms with Crippen LogP contribution < -0.4 is 10.1 Å². The van der Waals surface area contributed by atoms with E-state index in [1.807, 2.05) is 25.1 Å². The van der Waals surface area contributed by atoms with Crippen LogP contribution >= 0.6 is 0 Å². The van der Waals surface area contributed by atoms with Crippen molar-refractivity contribution in [3.63, 3.8) is 0 Å². The normalized spacial score (nSPS) is 12.2. The summed E-state index contributed by atoms with van der Waals surface area (Å²) < 4.78 is 5.55. The Morgan fingerprint density at radius 3 is 2.67 bits per heavy atom. The minimum atomic E-state index is 0.497. The molecule has 0 saturated carbocycles. The van der Waals surface area contributed by atoms with Crippen molar-refractivity contribution in [2.45, 2.75) is 39.7 Å². The van der Waals surface area contributed by atoms with Gasteiger partial charge in [-0.2, -0.15) is 0 Å². The Morgan fingerprint density at radius 1 is 1.27 bits per heavy atom. The van der Waals surface area contributed by atoms with Crippen LogP contribution in [0.3, 0.4) is 0 Å². The Labute approximate surface area is 92.6 Å². The molecule has 2 heteroatoms. The van der Waals surface area contributed by atoms with E-state index in [1.165, 1.54) is 12.8 Å². The van der Waals surface area contributed by atoms with Crippen molar-refractivity contribution in [1.29, 1.82) is 0 Å². The van der Waals surface area contributed by atoms with Crippen LogP contribution in [0.4, 0.5) is 5.69 Å². The Balaban J connectivity index is 2.66. The number of benzene rings is 1. The average Bonchev–Trinajstić information content (AvgIpc) is 2.21. The second kappa shape index (κ2) is 6.33. The van der Waals surface area contributed by atoms with E-state index >= 15 is 0 Å². The van der Waals surface area contributed by atoms with Crippen molar-refractivity contribution >= 4 is 5.69 Å². The molecule has 1 N–H and O–H groups in total. The van der Waals surface area contributed by atoms with Crippen molar-refractivity contribution in [3.05, 3.63) is 24.3 Å². The Morgan fingerprint density at radius 2 is 2.00 bits per heavy atom. The Bertz CT molecular complexity index is 286. The first-order valence-electron chi connectivity index (χ1n) is 5.76. The van der Waals surface area contributed by atoms with Gasteiger partial charge in [-0.1, -0.05) is 25.5 Å². The maximum atomic E-state index is 5.55. The van der Waals surface area contributed by atoms with Gasteiger partial charge in [-0.15, -0.1) is 0 Å². The lowest BCUT2D eigenvalue weighted by molar-refractivity contribution is 0.341. The SMILES string of the molecule is CCCC(C)Nc1ccccc1OCC. The third-order valence-corrected chi connectivity index (χ3v) is 2.31. The van der Waals surface area contributed by atoms with Gasteiger partial charge < -0.3 is 10.1 Å². The van der Waals surface area contributed by atoms with Gasteiger partial charge in [-0.25, -0.2) is 0 Å². The molecule has 15 heavy (non-hydrogen) atoms. The molecule has 0 aliphatic carbocycles. The van der Waals surface area contributed by atoms with Crippen molar-refractivity contribution in [2.75, 3.05) is 11.9 Å². The third kappa shape index (κ3) is 3.82. The number of nitrogens with one attached hydrogen (secondary N) is 1. The molecule has 0 aliphatic heterocycles. The lowest BCUT2D eigenvalue weighted by Gasteiger charge is -2.17. The zero-order valence-corrected chi connectivity index (χ0v) is 9.92. The van der Waals surface area contributed by atoms with Crippen molar-refractivity contribution in [2.24, 2.45) is 0 Å². The van der Waals surface area contributed by atoms with Gasteiger partial charge in [0.25, 0.3) is 0 Å². The highest BCUT2D eigenvalue weighted by Crippen LogP contribution is 2.24. The monoisotopic (exact) mass is 207 g/mol. The zero-order valence-electron chi connectivity index (χ0n) is 9.92. The molecule has 1 atom stereocenters. The Hall–Kier alpha value is -1.18. The van der Waals surface area contributed by atoms with E-state index in [4.69, 9.17) is 4.74 Å². The van der Waals surface area contributed by atoms with E-state index in [9.17, 15) is 0 Å². The van der Waals surface area contributed by atoms with E-state index in [0.717, 1.165) is 11.4 Å². The van der Waals surface area contributed by atoms with Gasteiger partial charge in [0.2, 0.25) is 0 Å². The average molecular weight is 207 g/mol. The molecule has 2 nitrogen and oxygen atoms in total. The minimum Gasteiger partial charge on any atom is -0.492 e. The molecule has 0 aliphatic rings. The first-order valence-corrected chi connectivity index (χ1v) is 5.76. The van der Waals surface area contributed by atoms with E-state index in [-0.39, 0.29) is 0 Å². The summed E-state index contributed by atoms with van der Waals surface area (Å²) >= 11 is 0. The van der Waals surface area contributed by atoms with Crippen LogP contribution in [0.25, 0.3) is 0 Å². The highest BCUT2D eigenvalue weighted by molar-refractivity contribution is 5.56. The van der Waals surface area contributed by atoms with Crippen molar-refractivity contribution in [3.8, 4) is 5.75 Å². The number of hydrogen-bond donors (Lipinski definition) is 1. The molecule has 0 bridgehead atoms. The standard InChI is InChI=1S/C13H21NO/c1-4-8-11(3)14-12-9-6-7-10-13(12)15-5-2/h6-7,9-11,14H,4-5,8H2,1-3H3. The molecule has 0 spiro atoms. The predicted octanol–water partition coefficient (Wildman–Crippen LogP) is 3.69. The number of rotatable bonds is 6. The topological polar surface area (TPSA) is 21.3 Å². The number of para-hydroxylation sites is 2. The highest BCUT2D eigenvalue weighted by Gasteiger charge is 2.05. The van der Waals surface area contributed by atoms with Gasteiger partial charge in [-0.3, -0.25) is 0 Å². The van der Waals surface area contributed by atoms with Crippen molar-refractivity contribution in [1.82, 2.24) is 0 Å². The van der Waals surface area contributed by atoms with Crippen LogP contribution in [0.2, 0.25) is 0 Å². The molecule has 0 amide bonds. The van der Waals surface area contributed by atoms with Gasteiger partial charge in [0, 0.05) is 6.04 Å². The smallest absolute Gasteiger partial charge is 0.142 e. The van der Waals surface area contributed by atoms with Crippen LogP contribution in [-0.2, 0) is 0 Å². The molecule has 1 aromatic carbocycles. The molecule has 1 unspecified atom stereocenters. The van der Waals surface area contributed by atoms with Crippen LogP contribution in [0, 0.1) is 0 Å². The summed E-state index contributed by atoms with van der Waals surface area (Å²) in [6, 6.07) is 8.60. The molecular formula is C13H21NO. The van der Waals surface area contributed by atoms with Crippen LogP contribution in [-0.4, -0.2) is 12.6 Å². The van der Waals surface area contributed by atoms with Crippen LogP contribution in [0.1, 0.15) is 33.6 Å². The zero-order chi connectivity index (χ0) is 11.1. The number of anilines is 1. The molecule has 0 radical (unpaired) electrons. The predicted molar refractivity (Wildman–Crippen MR) is 65.6 cm³/mol. The molecule has 0 heterocycles. The van der Waals surface area contributed by atoms with E-state index in [0.29, 0.717) is 12.6 Å². The van der Waals surface area contributed by atoms with Gasteiger partial charge in [0.05, 0.1) is 12.3 Å². The maximum absolute atomic E-state index is 5.55. The first kappa shape index (κ1) is 11.9. The van der Waals surface area contributed by atoms with Gasteiger partial charge >= 0.3 is 0 Å². The highest BCUT2D eigenvalue weighted by atomic mass is 16.5. The lowest BCUT2D eigenvalue weighted by atomic mass is 10.2. The van der Waals surface area contributed by atoms with Gasteiger partial charge in [-0.05, 0) is 32.4 Å². The van der Waals surface area contributed by atoms with Crippen LogP contribution in [0.15, 0.2) is 24.3 Å². The lowest BCUT2D eigenvalue weighted by Crippen LogP contribution is -2.15. The summed E-state index contributed by atoms with van der Waals surface area (Å²) in [7, 11) is 0. The third-order valence-electron chi connectivity index (χ3n) is 2.31. The maximum Gasteiger partial charge on any atom is 0.142 e. The van der Waals surface area contributed by atoms with Crippen LogP contribution in [0.5, 0.6) is 5.75 Å². The van der Waals surface area contributed by atoms with E-state index in [2.05, 4.69) is 25.2 Å². The molecule has 0 aromatic heterocycles. The number of hydrogen-bond acceptors (Lipinski definition) is 2. The molecule has 0 fully saturated rings. The van der Waals surface area contributed by atoms with Gasteiger partial charge in [0.15, 0.2) is 0 Å². The molecule has 84 valence electrons. The summed E-state index contributed by atoms with van der Waals surface area (Å²) in [4.78, 5) is 0. The second-order valence-corrected chi connectivity index (χ2v) is 3.76. The molecular weight excluding hydrogens is 186 g/mol. The second-order valence-electron chi connectivity index (χ2n) is 3.76. The summed E-state index contributed by atoms with van der Waals surface area (Å²) in [6.07, 6.45) is 2.38. The summed E-state index contributed by atoms with van der Waals surface area (Å²) in [5.41, 5.74) is 1.10. The minimum absolute atomic E-state index is 0.497. The molecule has 0 saturated heterocycles. The van der Waals surface area contributed by atoms with Crippen molar-refractivity contribution < 1.29 is 4.74 Å². The fourth-order valence-corrected chi connectivity index (χ4v) is 1.64. The Kier molecular flexibility index (Phi) is 5.02. The summed E-state index contributed by atoms with van der Waals surface area (Å²) in [5.74, 6) is 0.947. The summed E-state index contributed by atoms with van der Waals surface area (Å²) in [5, 5.41) is 3.47.